The van der Waals surface area contributed by atoms with Crippen LogP contribution in [0.5, 0.6) is 0 Å². The molecule has 1 N–H and O–H groups in total. The van der Waals surface area contributed by atoms with Crippen molar-refractivity contribution < 1.29 is 0 Å². The predicted molar refractivity (Wildman–Crippen MR) is 84.5 cm³/mol. The lowest BCUT2D eigenvalue weighted by molar-refractivity contribution is 0.138. The lowest BCUT2D eigenvalue weighted by Gasteiger charge is -2.45. The molecule has 1 aliphatic rings. The summed E-state index contributed by atoms with van der Waals surface area (Å²) in [6.45, 7) is 12.7. The van der Waals surface area contributed by atoms with E-state index in [1.807, 2.05) is 6.92 Å². The smallest absolute Gasteiger partial charge is 0.224 e. The number of nitrogens with one attached hydrogen (secondary N) is 1. The Morgan fingerprint density at radius 1 is 1.30 bits per heavy atom. The second kappa shape index (κ2) is 5.95. The van der Waals surface area contributed by atoms with Gasteiger partial charge in [-0.15, -0.1) is 0 Å². The van der Waals surface area contributed by atoms with Gasteiger partial charge in [-0.2, -0.15) is 4.98 Å². The van der Waals surface area contributed by atoms with Gasteiger partial charge in [0.2, 0.25) is 5.95 Å². The van der Waals surface area contributed by atoms with Gasteiger partial charge < -0.3 is 10.2 Å². The van der Waals surface area contributed by atoms with Crippen molar-refractivity contribution in [1.29, 1.82) is 0 Å². The maximum absolute atomic E-state index is 4.67. The number of rotatable bonds is 4. The molecule has 0 radical (unpaired) electrons. The van der Waals surface area contributed by atoms with E-state index >= 15 is 0 Å². The minimum atomic E-state index is 0.175. The molecule has 0 bridgehead atoms. The average molecular weight is 277 g/mol. The van der Waals surface area contributed by atoms with E-state index in [1.54, 1.807) is 0 Å². The highest BCUT2D eigenvalue weighted by Crippen LogP contribution is 2.24. The molecule has 1 aromatic heterocycles. The average Bonchev–Trinajstić information content (AvgIpc) is 2.39. The minimum Gasteiger partial charge on any atom is -0.354 e. The molecule has 1 saturated heterocycles. The summed E-state index contributed by atoms with van der Waals surface area (Å²) in [5, 5.41) is 3.28. The maximum Gasteiger partial charge on any atom is 0.224 e. The molecule has 0 amide bonds. The zero-order chi connectivity index (χ0) is 14.8. The molecule has 1 aliphatic heterocycles. The first-order chi connectivity index (χ1) is 9.42. The Hall–Kier alpha value is -1.36. The molecule has 0 unspecified atom stereocenters. The number of piperazine rings is 1. The first-order valence-corrected chi connectivity index (χ1v) is 7.48. The van der Waals surface area contributed by atoms with Crippen LogP contribution in [0.3, 0.4) is 0 Å². The standard InChI is InChI=1S/C15H27N5/c1-6-7-16-14-17-12(2)10-13(18-14)20-9-8-19(5)15(3,4)11-20/h10H,6-9,11H2,1-5H3,(H,16,17,18). The number of aromatic nitrogens is 2. The summed E-state index contributed by atoms with van der Waals surface area (Å²) >= 11 is 0. The molecule has 0 atom stereocenters. The van der Waals surface area contributed by atoms with Crippen LogP contribution in [0.2, 0.25) is 0 Å². The Bertz CT molecular complexity index is 458. The van der Waals surface area contributed by atoms with Crippen molar-refractivity contribution in [2.45, 2.75) is 39.7 Å². The normalized spacial score (nSPS) is 19.1. The Labute approximate surface area is 122 Å². The molecule has 2 heterocycles. The summed E-state index contributed by atoms with van der Waals surface area (Å²) in [7, 11) is 2.19. The van der Waals surface area contributed by atoms with Crippen molar-refractivity contribution in [2.24, 2.45) is 0 Å². The van der Waals surface area contributed by atoms with E-state index in [-0.39, 0.29) is 5.54 Å². The second-order valence-electron chi connectivity index (χ2n) is 6.27. The lowest BCUT2D eigenvalue weighted by Crippen LogP contribution is -2.57. The van der Waals surface area contributed by atoms with Crippen molar-refractivity contribution in [3.63, 3.8) is 0 Å². The van der Waals surface area contributed by atoms with Crippen LogP contribution >= 0.6 is 0 Å². The molecule has 5 heteroatoms. The Kier molecular flexibility index (Phi) is 4.48. The fourth-order valence-electron chi connectivity index (χ4n) is 2.47. The molecule has 5 nitrogen and oxygen atoms in total. The van der Waals surface area contributed by atoms with Crippen LogP contribution < -0.4 is 10.2 Å². The zero-order valence-corrected chi connectivity index (χ0v) is 13.4. The number of anilines is 2. The fraction of sp³-hybridized carbons (Fsp3) is 0.733. The highest BCUT2D eigenvalue weighted by atomic mass is 15.3. The van der Waals surface area contributed by atoms with Crippen LogP contribution in [0.25, 0.3) is 0 Å². The largest absolute Gasteiger partial charge is 0.354 e. The predicted octanol–water partition coefficient (Wildman–Crippen LogP) is 2.14. The molecule has 0 spiro atoms. The van der Waals surface area contributed by atoms with Crippen molar-refractivity contribution in [3.05, 3.63) is 11.8 Å². The molecule has 0 aromatic carbocycles. The van der Waals surface area contributed by atoms with Gasteiger partial charge in [-0.1, -0.05) is 6.92 Å². The molecule has 1 aromatic rings. The van der Waals surface area contributed by atoms with Gasteiger partial charge in [0.05, 0.1) is 0 Å². The van der Waals surface area contributed by atoms with Gasteiger partial charge in [0.15, 0.2) is 0 Å². The van der Waals surface area contributed by atoms with E-state index in [2.05, 4.69) is 59.0 Å². The SMILES string of the molecule is CCCNc1nc(C)cc(N2CCN(C)C(C)(C)C2)n1. The zero-order valence-electron chi connectivity index (χ0n) is 13.4. The van der Waals surface area contributed by atoms with Crippen LogP contribution in [-0.4, -0.2) is 53.6 Å². The van der Waals surface area contributed by atoms with E-state index in [0.717, 1.165) is 50.1 Å². The quantitative estimate of drug-likeness (QED) is 0.913. The Morgan fingerprint density at radius 3 is 2.70 bits per heavy atom. The summed E-state index contributed by atoms with van der Waals surface area (Å²) in [5.41, 5.74) is 1.19. The van der Waals surface area contributed by atoms with Gasteiger partial charge >= 0.3 is 0 Å². The fourth-order valence-corrected chi connectivity index (χ4v) is 2.47. The Balaban J connectivity index is 2.17. The molecule has 2 rings (SSSR count). The van der Waals surface area contributed by atoms with Gasteiger partial charge in [0.25, 0.3) is 0 Å². The number of hydrogen-bond donors (Lipinski definition) is 1. The van der Waals surface area contributed by atoms with Gasteiger partial charge in [-0.3, -0.25) is 4.90 Å². The van der Waals surface area contributed by atoms with Gasteiger partial charge in [0, 0.05) is 43.5 Å². The van der Waals surface area contributed by atoms with Crippen molar-refractivity contribution in [2.75, 3.05) is 43.4 Å². The van der Waals surface area contributed by atoms with Crippen molar-refractivity contribution in [1.82, 2.24) is 14.9 Å². The minimum absolute atomic E-state index is 0.175. The van der Waals surface area contributed by atoms with E-state index in [4.69, 9.17) is 0 Å². The molecule has 1 fully saturated rings. The summed E-state index contributed by atoms with van der Waals surface area (Å²) in [6.07, 6.45) is 1.08. The van der Waals surface area contributed by atoms with E-state index in [0.29, 0.717) is 0 Å². The summed E-state index contributed by atoms with van der Waals surface area (Å²) in [5.74, 6) is 1.79. The van der Waals surface area contributed by atoms with Crippen molar-refractivity contribution in [3.8, 4) is 0 Å². The van der Waals surface area contributed by atoms with Gasteiger partial charge in [-0.25, -0.2) is 4.98 Å². The summed E-state index contributed by atoms with van der Waals surface area (Å²) < 4.78 is 0. The monoisotopic (exact) mass is 277 g/mol. The third-order valence-electron chi connectivity index (χ3n) is 4.01. The summed E-state index contributed by atoms with van der Waals surface area (Å²) in [6, 6.07) is 2.08. The molecule has 20 heavy (non-hydrogen) atoms. The van der Waals surface area contributed by atoms with Crippen LogP contribution in [0.1, 0.15) is 32.9 Å². The highest BCUT2D eigenvalue weighted by molar-refractivity contribution is 5.45. The van der Waals surface area contributed by atoms with E-state index in [1.165, 1.54) is 0 Å². The van der Waals surface area contributed by atoms with E-state index < -0.39 is 0 Å². The molecule has 0 saturated carbocycles. The lowest BCUT2D eigenvalue weighted by atomic mass is 10.00. The Morgan fingerprint density at radius 2 is 2.05 bits per heavy atom. The van der Waals surface area contributed by atoms with Crippen LogP contribution in [0.15, 0.2) is 6.07 Å². The molecular formula is C15H27N5. The van der Waals surface area contributed by atoms with Gasteiger partial charge in [0.1, 0.15) is 5.82 Å². The number of nitrogens with zero attached hydrogens (tertiary/aromatic N) is 4. The van der Waals surface area contributed by atoms with Crippen molar-refractivity contribution >= 4 is 11.8 Å². The van der Waals surface area contributed by atoms with Crippen LogP contribution in [-0.2, 0) is 0 Å². The van der Waals surface area contributed by atoms with Gasteiger partial charge in [-0.05, 0) is 34.2 Å². The molecular weight excluding hydrogens is 250 g/mol. The van der Waals surface area contributed by atoms with E-state index in [9.17, 15) is 0 Å². The van der Waals surface area contributed by atoms with Crippen LogP contribution in [0.4, 0.5) is 11.8 Å². The third kappa shape index (κ3) is 3.39. The molecule has 112 valence electrons. The highest BCUT2D eigenvalue weighted by Gasteiger charge is 2.31. The first-order valence-electron chi connectivity index (χ1n) is 7.48. The topological polar surface area (TPSA) is 44.3 Å². The summed E-state index contributed by atoms with van der Waals surface area (Å²) in [4.78, 5) is 13.9. The molecule has 0 aliphatic carbocycles. The number of likely N-dealkylation sites (N-methyl/N-ethyl adjacent to an activating group) is 1. The third-order valence-corrected chi connectivity index (χ3v) is 4.01. The first kappa shape index (κ1) is 15.0. The van der Waals surface area contributed by atoms with Crippen LogP contribution in [0, 0.1) is 6.92 Å². The number of hydrogen-bond acceptors (Lipinski definition) is 5. The second-order valence-corrected chi connectivity index (χ2v) is 6.27. The number of aryl methyl sites for hydroxylation is 1. The maximum atomic E-state index is 4.67.